The van der Waals surface area contributed by atoms with Crippen molar-refractivity contribution in [3.63, 3.8) is 0 Å². The topological polar surface area (TPSA) is 39.5 Å². The first-order chi connectivity index (χ1) is 31.0. The van der Waals surface area contributed by atoms with Crippen LogP contribution in [0, 0.1) is 61.7 Å². The molecule has 0 unspecified atom stereocenters. The van der Waals surface area contributed by atoms with Gasteiger partial charge in [-0.1, -0.05) is 197 Å². The van der Waals surface area contributed by atoms with Crippen molar-refractivity contribution in [3.8, 4) is 11.4 Å². The molecule has 0 N–H and O–H groups in total. The molecule has 7 aromatic carbocycles. The first-order valence-electron chi connectivity index (χ1n) is 21.7. The number of nitrogens with zero attached hydrogens (tertiary/aromatic N) is 5. The van der Waals surface area contributed by atoms with Gasteiger partial charge in [0.15, 0.2) is 0 Å². The third kappa shape index (κ3) is 12.5. The number of benzene rings is 6. The first kappa shape index (κ1) is 53.2. The maximum absolute atomic E-state index is 4.76. The zero-order chi connectivity index (χ0) is 45.6. The van der Waals surface area contributed by atoms with E-state index in [0.717, 1.165) is 11.4 Å². The molecule has 0 aliphatic heterocycles. The Morgan fingerprint density at radius 1 is 0.606 bits per heavy atom. The summed E-state index contributed by atoms with van der Waals surface area (Å²) >= 11 is 9.53. The molecule has 0 aliphatic carbocycles. The van der Waals surface area contributed by atoms with Crippen LogP contribution >= 0.6 is 23.2 Å². The van der Waals surface area contributed by atoms with Crippen molar-refractivity contribution in [2.75, 3.05) is 5.34 Å². The molecule has 9 rings (SSSR count). The van der Waals surface area contributed by atoms with E-state index in [0.29, 0.717) is 6.54 Å². The average Bonchev–Trinajstić information content (AvgIpc) is 4.03. The van der Waals surface area contributed by atoms with E-state index in [1.54, 1.807) is 4.68 Å². The van der Waals surface area contributed by atoms with Crippen molar-refractivity contribution in [2.24, 2.45) is 0 Å². The molecular weight excluding hydrogens is 963 g/mol. The minimum Gasteiger partial charge on any atom is -1.00 e. The molecule has 0 radical (unpaired) electrons. The number of hydrogen-bond donors (Lipinski definition) is 0. The first-order valence-corrected chi connectivity index (χ1v) is 22.8. The number of aromatic nitrogens is 5. The predicted molar refractivity (Wildman–Crippen MR) is 272 cm³/mol. The second kappa shape index (κ2) is 25.5. The van der Waals surface area contributed by atoms with Gasteiger partial charge in [0, 0.05) is 12.4 Å². The Balaban J connectivity index is 0.000000223. The number of aryl methyl sites for hydroxylation is 3. The molecule has 0 saturated heterocycles. The van der Waals surface area contributed by atoms with E-state index < -0.39 is 6.15 Å². The summed E-state index contributed by atoms with van der Waals surface area (Å²) in [5.41, 5.74) is 19.5. The van der Waals surface area contributed by atoms with E-state index in [-0.39, 0.29) is 37.2 Å². The molecule has 0 amide bonds. The Morgan fingerprint density at radius 2 is 0.985 bits per heavy atom. The summed E-state index contributed by atoms with van der Waals surface area (Å²) in [5.74, 6) is 0. The Morgan fingerprint density at radius 3 is 1.35 bits per heavy atom. The maximum atomic E-state index is 4.76. The second-order valence-corrected chi connectivity index (χ2v) is 17.2. The van der Waals surface area contributed by atoms with E-state index in [4.69, 9.17) is 23.2 Å². The van der Waals surface area contributed by atoms with Crippen LogP contribution in [-0.4, -0.2) is 31.0 Å². The van der Waals surface area contributed by atoms with E-state index in [1.807, 2.05) is 58.1 Å². The number of imidazole rings is 1. The molecule has 66 heavy (non-hydrogen) atoms. The summed E-state index contributed by atoms with van der Waals surface area (Å²) in [5, 5.41) is 8.69. The molecule has 0 aliphatic rings. The number of alkyl halides is 2. The summed E-state index contributed by atoms with van der Waals surface area (Å²) in [4.78, 5) is 0. The van der Waals surface area contributed by atoms with Gasteiger partial charge >= 0.3 is 19.5 Å². The normalized spacial score (nSPS) is 10.5. The summed E-state index contributed by atoms with van der Waals surface area (Å²) in [6.07, 6.45) is 8.17. The third-order valence-electron chi connectivity index (χ3n) is 12.4. The fourth-order valence-corrected chi connectivity index (χ4v) is 8.90. The number of halogens is 3. The van der Waals surface area contributed by atoms with E-state index in [2.05, 4.69) is 205 Å². The Labute approximate surface area is 421 Å². The molecule has 0 saturated carbocycles. The van der Waals surface area contributed by atoms with Gasteiger partial charge in [-0.2, -0.15) is 49.7 Å². The van der Waals surface area contributed by atoms with Gasteiger partial charge in [-0.3, -0.25) is 0 Å². The molecule has 0 fully saturated rings. The zero-order valence-corrected chi connectivity index (χ0v) is 42.9. The van der Waals surface area contributed by atoms with Crippen LogP contribution in [-0.2, 0) is 26.0 Å². The van der Waals surface area contributed by atoms with Crippen LogP contribution in [0.2, 0.25) is 0 Å². The fraction of sp³-hybridized carbons (Fsp3) is 0.179. The van der Waals surface area contributed by atoms with Crippen LogP contribution < -0.4 is 38.8 Å². The zero-order valence-electron chi connectivity index (χ0n) is 39.0. The Kier molecular flexibility index (Phi) is 20.5. The maximum Gasteiger partial charge on any atom is 3.00 e. The predicted octanol–water partition coefficient (Wildman–Crippen LogP) is 7.55. The quantitative estimate of drug-likeness (QED) is 0.0684. The van der Waals surface area contributed by atoms with Crippen molar-refractivity contribution < 1.29 is 36.5 Å². The smallest absolute Gasteiger partial charge is 1.00 e. The van der Waals surface area contributed by atoms with E-state index in [1.165, 1.54) is 72.0 Å². The van der Waals surface area contributed by atoms with Gasteiger partial charge in [-0.15, -0.1) is 28.3 Å². The van der Waals surface area contributed by atoms with Gasteiger partial charge in [-0.25, -0.2) is 4.68 Å². The fourth-order valence-electron chi connectivity index (χ4n) is 8.90. The minimum absolute atomic E-state index is 0. The summed E-state index contributed by atoms with van der Waals surface area (Å²) in [6, 6.07) is 57.9. The largest absolute Gasteiger partial charge is 3.00 e. The van der Waals surface area contributed by atoms with Gasteiger partial charge in [0.2, 0.25) is 6.33 Å². The molecule has 5 nitrogen and oxygen atoms in total. The Bertz CT molecular complexity index is 2560. The van der Waals surface area contributed by atoms with Gasteiger partial charge in [0.25, 0.3) is 0 Å². The van der Waals surface area contributed by atoms with Gasteiger partial charge in [0.05, 0.1) is 22.9 Å². The average molecular weight is 1020 g/mol. The number of para-hydroxylation sites is 1. The summed E-state index contributed by atoms with van der Waals surface area (Å²) in [6.45, 7) is 18.0. The molecule has 10 heteroatoms. The van der Waals surface area contributed by atoms with E-state index >= 15 is 0 Å². The van der Waals surface area contributed by atoms with Gasteiger partial charge in [0.1, 0.15) is 18.4 Å². The number of rotatable bonds is 8. The molecule has 0 bridgehead atoms. The Hall–Kier alpha value is -5.42. The number of hydrogen-bond acceptors (Lipinski definition) is 2. The molecule has 9 aromatic rings. The monoisotopic (exact) mass is 1020 g/mol. The summed E-state index contributed by atoms with van der Waals surface area (Å²) < 4.78 is 5.84. The van der Waals surface area contributed by atoms with Crippen LogP contribution in [0.5, 0.6) is 0 Å². The van der Waals surface area contributed by atoms with Gasteiger partial charge in [-0.05, 0) is 44.0 Å². The van der Waals surface area contributed by atoms with Crippen LogP contribution in [0.15, 0.2) is 182 Å². The van der Waals surface area contributed by atoms with Crippen molar-refractivity contribution in [1.82, 2.24) is 19.6 Å². The minimum atomic E-state index is -1.22. The van der Waals surface area contributed by atoms with Gasteiger partial charge < -0.3 is 21.5 Å². The molecular formula is C56H58BCl3N5Rh. The molecule has 0 spiro atoms. The van der Waals surface area contributed by atoms with E-state index in [9.17, 15) is 0 Å². The molecule has 340 valence electrons. The standard InChI is InChI=1S/C24H20B.C21H21N5.C10H15.CH2Cl2.ClH.Rh/c1-5-13-21(14-6-1)25(22-15-7-2-8-16-22,23-17-9-3-10-18-23)24-19-11-4-12-20-24;1-16-11-17(2)21(18(3)12-16)25-10-9-24(15-25)13-19-14-26(23-22-19)20-7-5-4-6-8-20;1-6-7(2)9(4)10(5)8(6)3;2-1-3;;/h1-20H;4-12,14H,13H2,1-3H3;1-5H3;1H2;1H;/q-1;;-1;;;+3/p-1. The second-order valence-electron chi connectivity index (χ2n) is 16.4. The van der Waals surface area contributed by atoms with Crippen molar-refractivity contribution in [2.45, 2.75) is 61.9 Å². The molecule has 0 atom stereocenters. The van der Waals surface area contributed by atoms with Crippen LogP contribution in [0.4, 0.5) is 0 Å². The van der Waals surface area contributed by atoms with Crippen LogP contribution in [0.1, 0.15) is 50.2 Å². The van der Waals surface area contributed by atoms with Crippen molar-refractivity contribution in [3.05, 3.63) is 239 Å². The van der Waals surface area contributed by atoms with Crippen molar-refractivity contribution in [1.29, 1.82) is 0 Å². The van der Waals surface area contributed by atoms with Crippen LogP contribution in [0.25, 0.3) is 11.4 Å². The van der Waals surface area contributed by atoms with Crippen molar-refractivity contribution >= 4 is 51.2 Å². The summed E-state index contributed by atoms with van der Waals surface area (Å²) in [7, 11) is 0. The molecule has 2 aromatic heterocycles. The SMILES string of the molecule is Cc1c(C)c(C)[c-](C)c1C.Cc1cc(C)c(-[n+]2[c-]n(Cc3cn(-c4ccccc4)nn3)cc2)c(C)c1.ClCCl.[Cl-].[Rh+3].c1ccc([B-](c2ccccc2)(c2ccccc2)c2ccccc2)cc1. The molecule has 2 heterocycles. The van der Waals surface area contributed by atoms with Crippen LogP contribution in [0.3, 0.4) is 0 Å². The third-order valence-corrected chi connectivity index (χ3v) is 12.4.